The lowest BCUT2D eigenvalue weighted by Gasteiger charge is -2.23. The predicted molar refractivity (Wildman–Crippen MR) is 73.8 cm³/mol. The summed E-state index contributed by atoms with van der Waals surface area (Å²) < 4.78 is 10.9. The molecule has 1 aromatic rings. The van der Waals surface area contributed by atoms with E-state index >= 15 is 0 Å². The van der Waals surface area contributed by atoms with Gasteiger partial charge in [0.05, 0.1) is 12.0 Å². The van der Waals surface area contributed by atoms with Gasteiger partial charge in [0.25, 0.3) is 5.91 Å². The molecule has 1 amide bonds. The first-order chi connectivity index (χ1) is 9.65. The minimum atomic E-state index is -0.184. The van der Waals surface area contributed by atoms with E-state index in [1.54, 1.807) is 30.0 Å². The summed E-state index contributed by atoms with van der Waals surface area (Å²) in [5, 5.41) is 8.87. The molecule has 0 saturated carbocycles. The van der Waals surface area contributed by atoms with Crippen LogP contribution in [0.2, 0.25) is 0 Å². The third-order valence-corrected chi connectivity index (χ3v) is 3.17. The Morgan fingerprint density at radius 2 is 2.10 bits per heavy atom. The molecule has 0 radical (unpaired) electrons. The Morgan fingerprint density at radius 3 is 2.75 bits per heavy atom. The highest BCUT2D eigenvalue weighted by atomic mass is 16.6. The van der Waals surface area contributed by atoms with Crippen LogP contribution in [0.4, 0.5) is 0 Å². The van der Waals surface area contributed by atoms with Crippen molar-refractivity contribution in [2.24, 2.45) is 5.92 Å². The quantitative estimate of drug-likeness (QED) is 0.843. The molecular weight excluding hydrogens is 256 g/mol. The molecule has 0 N–H and O–H groups in total. The summed E-state index contributed by atoms with van der Waals surface area (Å²) in [4.78, 5) is 14.1. The smallest absolute Gasteiger partial charge is 0.254 e. The molecular formula is C15H18N2O3. The fourth-order valence-electron chi connectivity index (χ4n) is 2.09. The van der Waals surface area contributed by atoms with Crippen LogP contribution in [0.25, 0.3) is 0 Å². The Balaban J connectivity index is 2.17. The van der Waals surface area contributed by atoms with E-state index in [0.29, 0.717) is 43.4 Å². The Bertz CT molecular complexity index is 536. The lowest BCUT2D eigenvalue weighted by Crippen LogP contribution is -2.34. The SMILES string of the molecule is CCN(CC(C)C#N)C(=O)c1ccc2c(c1)OCCO2. The minimum Gasteiger partial charge on any atom is -0.486 e. The van der Waals surface area contributed by atoms with Gasteiger partial charge in [0, 0.05) is 18.7 Å². The van der Waals surface area contributed by atoms with Gasteiger partial charge in [-0.2, -0.15) is 5.26 Å². The van der Waals surface area contributed by atoms with Crippen LogP contribution in [0.5, 0.6) is 11.5 Å². The van der Waals surface area contributed by atoms with Gasteiger partial charge in [-0.25, -0.2) is 0 Å². The van der Waals surface area contributed by atoms with Crippen molar-refractivity contribution in [3.8, 4) is 17.6 Å². The number of nitrogens with zero attached hydrogens (tertiary/aromatic N) is 2. The van der Waals surface area contributed by atoms with E-state index in [9.17, 15) is 4.79 Å². The maximum absolute atomic E-state index is 12.4. The first kappa shape index (κ1) is 14.2. The van der Waals surface area contributed by atoms with Crippen molar-refractivity contribution in [3.05, 3.63) is 23.8 Å². The summed E-state index contributed by atoms with van der Waals surface area (Å²) in [5.41, 5.74) is 0.557. The van der Waals surface area contributed by atoms with E-state index in [4.69, 9.17) is 14.7 Å². The molecule has 0 aliphatic carbocycles. The standard InChI is InChI=1S/C15H18N2O3/c1-3-17(10-11(2)9-16)15(18)12-4-5-13-14(8-12)20-7-6-19-13/h4-5,8,11H,3,6-7,10H2,1-2H3. The fourth-order valence-corrected chi connectivity index (χ4v) is 2.09. The zero-order valence-corrected chi connectivity index (χ0v) is 11.8. The predicted octanol–water partition coefficient (Wildman–Crippen LogP) is 2.08. The lowest BCUT2D eigenvalue weighted by atomic mass is 10.1. The average molecular weight is 274 g/mol. The molecule has 1 aliphatic rings. The van der Waals surface area contributed by atoms with Crippen molar-refractivity contribution in [2.75, 3.05) is 26.3 Å². The van der Waals surface area contributed by atoms with Gasteiger partial charge in [-0.05, 0) is 32.0 Å². The molecule has 5 nitrogen and oxygen atoms in total. The Hall–Kier alpha value is -2.22. The second kappa shape index (κ2) is 6.29. The van der Waals surface area contributed by atoms with Crippen LogP contribution in [-0.4, -0.2) is 37.1 Å². The number of nitriles is 1. The number of carbonyl (C=O) groups excluding carboxylic acids is 1. The monoisotopic (exact) mass is 274 g/mol. The minimum absolute atomic E-state index is 0.0911. The zero-order valence-electron chi connectivity index (χ0n) is 11.8. The lowest BCUT2D eigenvalue weighted by molar-refractivity contribution is 0.0751. The number of carbonyl (C=O) groups is 1. The number of rotatable bonds is 4. The third kappa shape index (κ3) is 3.02. The molecule has 5 heteroatoms. The average Bonchev–Trinajstić information content (AvgIpc) is 2.51. The first-order valence-electron chi connectivity index (χ1n) is 6.74. The summed E-state index contributed by atoms with van der Waals surface area (Å²) in [6, 6.07) is 7.34. The Morgan fingerprint density at radius 1 is 1.40 bits per heavy atom. The van der Waals surface area contributed by atoms with Gasteiger partial charge in [-0.3, -0.25) is 4.79 Å². The van der Waals surface area contributed by atoms with Crippen molar-refractivity contribution in [2.45, 2.75) is 13.8 Å². The van der Waals surface area contributed by atoms with Crippen molar-refractivity contribution in [1.82, 2.24) is 4.90 Å². The number of ether oxygens (including phenoxy) is 2. The van der Waals surface area contributed by atoms with E-state index < -0.39 is 0 Å². The topological polar surface area (TPSA) is 62.6 Å². The van der Waals surface area contributed by atoms with E-state index in [0.717, 1.165) is 0 Å². The molecule has 1 unspecified atom stereocenters. The van der Waals surface area contributed by atoms with Gasteiger partial charge in [-0.1, -0.05) is 0 Å². The number of hydrogen-bond acceptors (Lipinski definition) is 4. The van der Waals surface area contributed by atoms with Gasteiger partial charge >= 0.3 is 0 Å². The van der Waals surface area contributed by atoms with Gasteiger partial charge in [0.15, 0.2) is 11.5 Å². The Labute approximate surface area is 118 Å². The van der Waals surface area contributed by atoms with E-state index in [1.165, 1.54) is 0 Å². The summed E-state index contributed by atoms with van der Waals surface area (Å²) >= 11 is 0. The van der Waals surface area contributed by atoms with Crippen molar-refractivity contribution >= 4 is 5.91 Å². The van der Waals surface area contributed by atoms with E-state index in [1.807, 2.05) is 6.92 Å². The molecule has 0 saturated heterocycles. The van der Waals surface area contributed by atoms with Gasteiger partial charge in [0.2, 0.25) is 0 Å². The zero-order chi connectivity index (χ0) is 14.5. The van der Waals surface area contributed by atoms with Gasteiger partial charge in [-0.15, -0.1) is 0 Å². The summed E-state index contributed by atoms with van der Waals surface area (Å²) in [7, 11) is 0. The molecule has 0 aromatic heterocycles. The highest BCUT2D eigenvalue weighted by Gasteiger charge is 2.19. The highest BCUT2D eigenvalue weighted by molar-refractivity contribution is 5.95. The highest BCUT2D eigenvalue weighted by Crippen LogP contribution is 2.31. The van der Waals surface area contributed by atoms with Gasteiger partial charge in [0.1, 0.15) is 13.2 Å². The molecule has 1 atom stereocenters. The molecule has 106 valence electrons. The summed E-state index contributed by atoms with van der Waals surface area (Å²) in [6.07, 6.45) is 0. The van der Waals surface area contributed by atoms with Crippen molar-refractivity contribution in [3.63, 3.8) is 0 Å². The number of benzene rings is 1. The molecule has 2 rings (SSSR count). The normalized spacial score (nSPS) is 14.2. The second-order valence-corrected chi connectivity index (χ2v) is 4.73. The third-order valence-electron chi connectivity index (χ3n) is 3.17. The van der Waals surface area contributed by atoms with Crippen LogP contribution in [0.1, 0.15) is 24.2 Å². The number of fused-ring (bicyclic) bond motifs is 1. The molecule has 20 heavy (non-hydrogen) atoms. The van der Waals surface area contributed by atoms with Gasteiger partial charge < -0.3 is 14.4 Å². The molecule has 0 fully saturated rings. The second-order valence-electron chi connectivity index (χ2n) is 4.73. The van der Waals surface area contributed by atoms with Crippen LogP contribution >= 0.6 is 0 Å². The van der Waals surface area contributed by atoms with Crippen molar-refractivity contribution in [1.29, 1.82) is 5.26 Å². The summed E-state index contributed by atoms with van der Waals surface area (Å²) in [6.45, 7) is 5.73. The van der Waals surface area contributed by atoms with E-state index in [-0.39, 0.29) is 11.8 Å². The molecule has 0 spiro atoms. The summed E-state index contributed by atoms with van der Waals surface area (Å²) in [5.74, 6) is 0.996. The number of amides is 1. The maximum Gasteiger partial charge on any atom is 0.254 e. The Kier molecular flexibility index (Phi) is 4.46. The molecule has 1 heterocycles. The number of hydrogen-bond donors (Lipinski definition) is 0. The molecule has 0 bridgehead atoms. The largest absolute Gasteiger partial charge is 0.486 e. The van der Waals surface area contributed by atoms with Crippen molar-refractivity contribution < 1.29 is 14.3 Å². The maximum atomic E-state index is 12.4. The van der Waals surface area contributed by atoms with Crippen LogP contribution in [0.15, 0.2) is 18.2 Å². The molecule has 1 aromatic carbocycles. The molecule has 1 aliphatic heterocycles. The van der Waals surface area contributed by atoms with E-state index in [2.05, 4.69) is 6.07 Å². The van der Waals surface area contributed by atoms with Crippen LogP contribution < -0.4 is 9.47 Å². The fraction of sp³-hybridized carbons (Fsp3) is 0.467. The van der Waals surface area contributed by atoms with Crippen LogP contribution in [0, 0.1) is 17.2 Å². The first-order valence-corrected chi connectivity index (χ1v) is 6.74. The van der Waals surface area contributed by atoms with Crippen LogP contribution in [-0.2, 0) is 0 Å². The van der Waals surface area contributed by atoms with Crippen LogP contribution in [0.3, 0.4) is 0 Å².